The second kappa shape index (κ2) is 9.07. The van der Waals surface area contributed by atoms with Gasteiger partial charge in [0.1, 0.15) is 16.4 Å². The molecule has 0 spiro atoms. The minimum Gasteiger partial charge on any atom is -0.492 e. The van der Waals surface area contributed by atoms with Crippen LogP contribution < -0.4 is 14.8 Å². The lowest BCUT2D eigenvalue weighted by atomic mass is 10.1. The van der Waals surface area contributed by atoms with Gasteiger partial charge in [-0.1, -0.05) is 6.07 Å². The fourth-order valence-electron chi connectivity index (χ4n) is 2.41. The summed E-state index contributed by atoms with van der Waals surface area (Å²) in [5, 5.41) is 2.66. The first-order valence-electron chi connectivity index (χ1n) is 8.84. The van der Waals surface area contributed by atoms with E-state index in [-0.39, 0.29) is 17.3 Å². The number of amides is 1. The Balaban J connectivity index is 2.14. The summed E-state index contributed by atoms with van der Waals surface area (Å²) in [5.41, 5.74) is 2.56. The topological polar surface area (TPSA) is 84.9 Å². The molecule has 2 aromatic carbocycles. The lowest BCUT2D eigenvalue weighted by Crippen LogP contribution is -2.24. The summed E-state index contributed by atoms with van der Waals surface area (Å²) >= 11 is 0. The monoisotopic (exact) mass is 406 g/mol. The molecule has 2 aromatic rings. The van der Waals surface area contributed by atoms with Crippen molar-refractivity contribution in [1.29, 1.82) is 0 Å². The highest BCUT2D eigenvalue weighted by Crippen LogP contribution is 2.29. The van der Waals surface area contributed by atoms with Gasteiger partial charge in [-0.25, -0.2) is 12.7 Å². The number of sulfonamides is 1. The van der Waals surface area contributed by atoms with Gasteiger partial charge in [-0.05, 0) is 62.2 Å². The number of hydrogen-bond donors (Lipinski definition) is 1. The number of hydrogen-bond acceptors (Lipinski definition) is 5. The molecule has 0 aliphatic rings. The third-order valence-electron chi connectivity index (χ3n) is 4.13. The zero-order valence-corrected chi connectivity index (χ0v) is 17.6. The van der Waals surface area contributed by atoms with Gasteiger partial charge in [0.15, 0.2) is 6.61 Å². The van der Waals surface area contributed by atoms with Crippen molar-refractivity contribution in [2.45, 2.75) is 25.7 Å². The second-order valence-corrected chi connectivity index (χ2v) is 8.59. The Morgan fingerprint density at radius 2 is 1.75 bits per heavy atom. The van der Waals surface area contributed by atoms with Crippen LogP contribution in [0, 0.1) is 13.8 Å². The van der Waals surface area contributed by atoms with Crippen LogP contribution in [0.15, 0.2) is 41.3 Å². The minimum atomic E-state index is -3.73. The maximum absolute atomic E-state index is 12.5. The average molecular weight is 407 g/mol. The van der Waals surface area contributed by atoms with Crippen molar-refractivity contribution < 1.29 is 22.7 Å². The summed E-state index contributed by atoms with van der Waals surface area (Å²) in [6, 6.07) is 10.1. The quantitative estimate of drug-likeness (QED) is 0.729. The first kappa shape index (κ1) is 21.7. The molecule has 28 heavy (non-hydrogen) atoms. The summed E-state index contributed by atoms with van der Waals surface area (Å²) in [4.78, 5) is 12.2. The summed E-state index contributed by atoms with van der Waals surface area (Å²) in [6.07, 6.45) is 0. The number of aryl methyl sites for hydroxylation is 2. The molecule has 0 aliphatic heterocycles. The van der Waals surface area contributed by atoms with Crippen molar-refractivity contribution in [3.8, 4) is 11.5 Å². The fourth-order valence-corrected chi connectivity index (χ4v) is 3.46. The van der Waals surface area contributed by atoms with Gasteiger partial charge >= 0.3 is 0 Å². The van der Waals surface area contributed by atoms with Crippen LogP contribution in [0.4, 0.5) is 5.69 Å². The Labute approximate surface area is 166 Å². The second-order valence-electron chi connectivity index (χ2n) is 6.46. The molecule has 0 aliphatic carbocycles. The van der Waals surface area contributed by atoms with E-state index in [4.69, 9.17) is 9.47 Å². The number of anilines is 1. The molecule has 0 atom stereocenters. The molecule has 0 heterocycles. The van der Waals surface area contributed by atoms with Gasteiger partial charge in [0.25, 0.3) is 5.91 Å². The van der Waals surface area contributed by atoms with E-state index in [1.165, 1.54) is 26.2 Å². The van der Waals surface area contributed by atoms with Crippen molar-refractivity contribution in [3.05, 3.63) is 47.5 Å². The Morgan fingerprint density at radius 1 is 1.04 bits per heavy atom. The highest BCUT2D eigenvalue weighted by atomic mass is 32.2. The van der Waals surface area contributed by atoms with E-state index in [0.717, 1.165) is 15.4 Å². The van der Waals surface area contributed by atoms with Crippen molar-refractivity contribution in [2.75, 3.05) is 32.6 Å². The van der Waals surface area contributed by atoms with E-state index in [2.05, 4.69) is 5.32 Å². The normalized spacial score (nSPS) is 11.4. The fraction of sp³-hybridized carbons (Fsp3) is 0.350. The lowest BCUT2D eigenvalue weighted by molar-refractivity contribution is -0.118. The minimum absolute atomic E-state index is 0.00720. The smallest absolute Gasteiger partial charge is 0.262 e. The number of carbonyl (C=O) groups is 1. The van der Waals surface area contributed by atoms with Crippen LogP contribution in [0.2, 0.25) is 0 Å². The molecule has 1 N–H and O–H groups in total. The maximum Gasteiger partial charge on any atom is 0.262 e. The van der Waals surface area contributed by atoms with Gasteiger partial charge in [-0.15, -0.1) is 0 Å². The zero-order chi connectivity index (χ0) is 20.9. The van der Waals surface area contributed by atoms with Crippen LogP contribution in [-0.2, 0) is 14.8 Å². The number of ether oxygens (including phenoxy) is 2. The summed E-state index contributed by atoms with van der Waals surface area (Å²) in [7, 11) is -0.850. The molecule has 1 amide bonds. The Kier molecular flexibility index (Phi) is 7.04. The Hall–Kier alpha value is -2.58. The molecule has 7 nitrogen and oxygen atoms in total. The van der Waals surface area contributed by atoms with Crippen LogP contribution >= 0.6 is 0 Å². The van der Waals surface area contributed by atoms with Crippen LogP contribution in [-0.4, -0.2) is 45.9 Å². The molecule has 2 rings (SSSR count). The third-order valence-corrected chi connectivity index (χ3v) is 5.97. The Bertz CT molecular complexity index is 955. The third kappa shape index (κ3) is 5.24. The lowest BCUT2D eigenvalue weighted by Gasteiger charge is -2.16. The predicted octanol–water partition coefficient (Wildman–Crippen LogP) is 2.97. The number of nitrogens with zero attached hydrogens (tertiary/aromatic N) is 1. The molecular formula is C20H26N2O5S. The zero-order valence-electron chi connectivity index (χ0n) is 16.8. The summed E-state index contributed by atoms with van der Waals surface area (Å²) in [5.74, 6) is 0.442. The predicted molar refractivity (Wildman–Crippen MR) is 109 cm³/mol. The van der Waals surface area contributed by atoms with Gasteiger partial charge < -0.3 is 14.8 Å². The molecule has 0 bridgehead atoms. The van der Waals surface area contributed by atoms with Gasteiger partial charge in [0.05, 0.1) is 6.61 Å². The van der Waals surface area contributed by atoms with Gasteiger partial charge in [0.2, 0.25) is 10.0 Å². The molecular weight excluding hydrogens is 380 g/mol. The van der Waals surface area contributed by atoms with Crippen LogP contribution in [0.1, 0.15) is 18.1 Å². The molecule has 0 unspecified atom stereocenters. The molecule has 0 saturated carbocycles. The van der Waals surface area contributed by atoms with E-state index in [9.17, 15) is 13.2 Å². The number of nitrogens with one attached hydrogen (secondary N) is 1. The van der Waals surface area contributed by atoms with Crippen molar-refractivity contribution >= 4 is 21.6 Å². The van der Waals surface area contributed by atoms with Crippen LogP contribution in [0.25, 0.3) is 0 Å². The number of carbonyl (C=O) groups excluding carboxylic acids is 1. The summed E-state index contributed by atoms with van der Waals surface area (Å²) in [6.45, 7) is 5.87. The van der Waals surface area contributed by atoms with Crippen LogP contribution in [0.3, 0.4) is 0 Å². The van der Waals surface area contributed by atoms with Crippen LogP contribution in [0.5, 0.6) is 11.5 Å². The van der Waals surface area contributed by atoms with Crippen molar-refractivity contribution in [1.82, 2.24) is 4.31 Å². The van der Waals surface area contributed by atoms with Gasteiger partial charge in [-0.3, -0.25) is 4.79 Å². The van der Waals surface area contributed by atoms with Crippen molar-refractivity contribution in [3.63, 3.8) is 0 Å². The molecule has 0 fully saturated rings. The standard InChI is InChI=1S/C20H26N2O5S/c1-6-26-18-10-8-16(12-19(18)28(24,25)22(4)5)21-20(23)13-27-17-9-7-14(2)15(3)11-17/h7-12H,6,13H2,1-5H3,(H,21,23). The molecule has 0 aromatic heterocycles. The highest BCUT2D eigenvalue weighted by Gasteiger charge is 2.23. The van der Waals surface area contributed by atoms with E-state index in [1.54, 1.807) is 19.1 Å². The maximum atomic E-state index is 12.5. The first-order valence-corrected chi connectivity index (χ1v) is 10.3. The van der Waals surface area contributed by atoms with Crippen molar-refractivity contribution in [2.24, 2.45) is 0 Å². The van der Waals surface area contributed by atoms with E-state index in [0.29, 0.717) is 18.0 Å². The van der Waals surface area contributed by atoms with Gasteiger partial charge in [-0.2, -0.15) is 0 Å². The van der Waals surface area contributed by atoms with E-state index < -0.39 is 15.9 Å². The van der Waals surface area contributed by atoms with E-state index >= 15 is 0 Å². The largest absolute Gasteiger partial charge is 0.492 e. The molecule has 0 radical (unpaired) electrons. The average Bonchev–Trinajstić information content (AvgIpc) is 2.64. The Morgan fingerprint density at radius 3 is 2.36 bits per heavy atom. The molecule has 0 saturated heterocycles. The number of rotatable bonds is 8. The molecule has 8 heteroatoms. The molecule has 152 valence electrons. The first-order chi connectivity index (χ1) is 13.1. The summed E-state index contributed by atoms with van der Waals surface area (Å²) < 4.78 is 37.1. The highest BCUT2D eigenvalue weighted by molar-refractivity contribution is 7.89. The van der Waals surface area contributed by atoms with Gasteiger partial charge in [0, 0.05) is 19.8 Å². The van der Waals surface area contributed by atoms with E-state index in [1.807, 2.05) is 26.0 Å². The SMILES string of the molecule is CCOc1ccc(NC(=O)COc2ccc(C)c(C)c2)cc1S(=O)(=O)N(C)C. The number of benzene rings is 2.